The molecule has 0 radical (unpaired) electrons. The van der Waals surface area contributed by atoms with E-state index in [2.05, 4.69) is 60.5 Å². The maximum atomic E-state index is 13.4. The van der Waals surface area contributed by atoms with Crippen molar-refractivity contribution in [2.45, 2.75) is 92.9 Å². The molecule has 0 bridgehead atoms. The third-order valence-electron chi connectivity index (χ3n) is 9.90. The number of aliphatic hydroxyl groups is 6. The van der Waals surface area contributed by atoms with Crippen molar-refractivity contribution in [2.75, 3.05) is 78.1 Å². The van der Waals surface area contributed by atoms with E-state index in [4.69, 9.17) is 27.4 Å². The molecule has 0 saturated carbocycles. The van der Waals surface area contributed by atoms with Crippen LogP contribution in [0, 0.1) is 0 Å². The Bertz CT molecular complexity index is 1860. The van der Waals surface area contributed by atoms with Gasteiger partial charge in [-0.1, -0.05) is 6.42 Å². The van der Waals surface area contributed by atoms with E-state index >= 15 is 0 Å². The molecule has 0 aliphatic heterocycles. The molecule has 0 unspecified atom stereocenters. The fraction of sp³-hybridized carbons (Fsp3) is 0.692. The molecular formula is C39H70N14O19S. The van der Waals surface area contributed by atoms with E-state index in [0.717, 1.165) is 0 Å². The lowest BCUT2D eigenvalue weighted by molar-refractivity contribution is -0.143. The number of rotatable bonds is 38. The summed E-state index contributed by atoms with van der Waals surface area (Å²) < 4.78 is 0. The van der Waals surface area contributed by atoms with Gasteiger partial charge >= 0.3 is 5.97 Å². The fourth-order valence-corrected chi connectivity index (χ4v) is 5.98. The normalized spacial score (nSPS) is 14.5. The first-order valence-corrected chi connectivity index (χ1v) is 23.1. The number of carboxylic acid groups (broad SMARTS) is 1. The van der Waals surface area contributed by atoms with Gasteiger partial charge in [-0.15, -0.1) is 0 Å². The van der Waals surface area contributed by atoms with Gasteiger partial charge in [-0.25, -0.2) is 4.79 Å². The van der Waals surface area contributed by atoms with Gasteiger partial charge in [-0.05, 0) is 45.2 Å². The molecule has 0 aromatic heterocycles. The van der Waals surface area contributed by atoms with Crippen molar-refractivity contribution in [2.24, 2.45) is 17.2 Å². The van der Waals surface area contributed by atoms with Gasteiger partial charge in [-0.3, -0.25) is 52.7 Å². The summed E-state index contributed by atoms with van der Waals surface area (Å²) in [6.07, 6.45) is 1.84. The summed E-state index contributed by atoms with van der Waals surface area (Å²) in [5, 5.41) is 90.2. The number of amides is 11. The van der Waals surface area contributed by atoms with E-state index in [1.165, 1.54) is 0 Å². The molecule has 33 nitrogen and oxygen atoms in total. The van der Waals surface area contributed by atoms with Crippen molar-refractivity contribution in [3.8, 4) is 0 Å². The first kappa shape index (κ1) is 66.6. The minimum absolute atomic E-state index is 0.119. The molecule has 0 saturated heterocycles. The highest BCUT2D eigenvalue weighted by atomic mass is 32.1. The summed E-state index contributed by atoms with van der Waals surface area (Å²) in [4.78, 5) is 151. The second-order valence-electron chi connectivity index (χ2n) is 15.6. The number of hydrogen-bond acceptors (Lipinski definition) is 22. The Labute approximate surface area is 422 Å². The number of aliphatic carboxylic acids is 1. The minimum atomic E-state index is -1.78. The van der Waals surface area contributed by atoms with Crippen molar-refractivity contribution < 1.29 is 93.3 Å². The lowest BCUT2D eigenvalue weighted by atomic mass is 10.1. The number of carboxylic acids is 1. The zero-order chi connectivity index (χ0) is 55.6. The first-order valence-electron chi connectivity index (χ1n) is 22.5. The minimum Gasteiger partial charge on any atom is -0.480 e. The maximum Gasteiger partial charge on any atom is 0.328 e. The number of nitrogens with one attached hydrogen (secondary N) is 11. The highest BCUT2D eigenvalue weighted by Crippen LogP contribution is 2.04. The Kier molecular flexibility index (Phi) is 34.1. The van der Waals surface area contributed by atoms with Gasteiger partial charge in [0.25, 0.3) is 0 Å². The second-order valence-corrected chi connectivity index (χ2v) is 16.0. The quantitative estimate of drug-likeness (QED) is 0.0202. The van der Waals surface area contributed by atoms with E-state index in [1.807, 2.05) is 10.6 Å². The molecular weight excluding hydrogens is 1000 g/mol. The van der Waals surface area contributed by atoms with Gasteiger partial charge in [0.2, 0.25) is 65.0 Å². The van der Waals surface area contributed by atoms with Crippen LogP contribution in [0.3, 0.4) is 0 Å². The average Bonchev–Trinajstić information content (AvgIpc) is 3.37. The molecule has 416 valence electrons. The number of hydrogen-bond donors (Lipinski definition) is 22. The predicted molar refractivity (Wildman–Crippen MR) is 252 cm³/mol. The van der Waals surface area contributed by atoms with Crippen LogP contribution in [0.5, 0.6) is 0 Å². The third-order valence-corrected chi connectivity index (χ3v) is 10.3. The van der Waals surface area contributed by atoms with Gasteiger partial charge in [0.1, 0.15) is 48.3 Å². The summed E-state index contributed by atoms with van der Waals surface area (Å²) in [6, 6.07) is -14.2. The highest BCUT2D eigenvalue weighted by Gasteiger charge is 2.32. The van der Waals surface area contributed by atoms with Crippen LogP contribution in [0.2, 0.25) is 0 Å². The molecule has 24 N–H and O–H groups in total. The predicted octanol–water partition coefficient (Wildman–Crippen LogP) is -13.2. The average molecular weight is 1070 g/mol. The maximum absolute atomic E-state index is 13.4. The zero-order valence-electron chi connectivity index (χ0n) is 39.6. The van der Waals surface area contributed by atoms with Crippen molar-refractivity contribution >= 4 is 83.6 Å². The molecule has 0 heterocycles. The van der Waals surface area contributed by atoms with Crippen LogP contribution in [-0.4, -0.2) is 239 Å². The lowest BCUT2D eigenvalue weighted by Gasteiger charge is -2.24. The van der Waals surface area contributed by atoms with Crippen LogP contribution in [0.1, 0.15) is 38.5 Å². The van der Waals surface area contributed by atoms with Crippen LogP contribution in [0.15, 0.2) is 0 Å². The summed E-state index contributed by atoms with van der Waals surface area (Å²) >= 11 is 3.96. The summed E-state index contributed by atoms with van der Waals surface area (Å²) in [5.41, 5.74) is 16.8. The Morgan fingerprint density at radius 3 is 1.00 bits per heavy atom. The smallest absolute Gasteiger partial charge is 0.328 e. The van der Waals surface area contributed by atoms with Crippen LogP contribution in [0.25, 0.3) is 0 Å². The molecule has 0 aromatic carbocycles. The van der Waals surface area contributed by atoms with E-state index in [0.29, 0.717) is 25.8 Å². The summed E-state index contributed by atoms with van der Waals surface area (Å²) in [5.74, 6) is -13.7. The van der Waals surface area contributed by atoms with Gasteiger partial charge in [-0.2, -0.15) is 12.6 Å². The van der Waals surface area contributed by atoms with Crippen LogP contribution in [-0.2, 0) is 57.5 Å². The molecule has 0 aromatic rings. The van der Waals surface area contributed by atoms with Gasteiger partial charge in [0, 0.05) is 5.75 Å². The van der Waals surface area contributed by atoms with Crippen molar-refractivity contribution in [3.05, 3.63) is 0 Å². The lowest BCUT2D eigenvalue weighted by Crippen LogP contribution is -2.60. The first-order chi connectivity index (χ1) is 34.6. The largest absolute Gasteiger partial charge is 0.480 e. The molecule has 34 heteroatoms. The van der Waals surface area contributed by atoms with Crippen molar-refractivity contribution in [1.29, 1.82) is 0 Å². The standard InChI is InChI=1S/C39H70N14O19S/c40-7-3-1-5-19(42)31(63)50-21(12-54)32(64)43-9-28(60)46-24(15-57)36(68)49-20(6-2-4-8-41)35(67)51-22(13-55)33(65)44-10-29(61)47-25(16-58)37(69)53-27(18-73)38(70)52-23(14-56)34(66)45-11-30(62)48-26(17-59)39(71)72/h19-27,54-59,73H,1-18,40-42H2,(H,43,64)(H,44,65)(H,45,66)(H,46,60)(H,47,61)(H,48,62)(H,49,68)(H,50,63)(H,51,67)(H,52,70)(H,53,69)(H,71,72)/t19-,20-,21-,22-,23-,24-,25-,26-,27-/m0/s1. The Balaban J connectivity index is 5.47. The zero-order valence-corrected chi connectivity index (χ0v) is 40.5. The fourth-order valence-electron chi connectivity index (χ4n) is 5.73. The molecule has 0 spiro atoms. The highest BCUT2D eigenvalue weighted by molar-refractivity contribution is 7.80. The molecule has 0 aliphatic rings. The van der Waals surface area contributed by atoms with Crippen LogP contribution < -0.4 is 75.7 Å². The number of carbonyl (C=O) groups is 12. The molecule has 73 heavy (non-hydrogen) atoms. The van der Waals surface area contributed by atoms with E-state index in [9.17, 15) is 83.1 Å². The Morgan fingerprint density at radius 1 is 0.370 bits per heavy atom. The molecule has 0 fully saturated rings. The molecule has 0 aliphatic carbocycles. The number of thiol groups is 1. The monoisotopic (exact) mass is 1070 g/mol. The van der Waals surface area contributed by atoms with E-state index < -0.39 is 190 Å². The number of carbonyl (C=O) groups excluding carboxylic acids is 11. The Morgan fingerprint density at radius 2 is 0.658 bits per heavy atom. The van der Waals surface area contributed by atoms with Gasteiger partial charge in [0.05, 0.1) is 65.3 Å². The van der Waals surface area contributed by atoms with E-state index in [-0.39, 0.29) is 25.8 Å². The van der Waals surface area contributed by atoms with Crippen LogP contribution in [0.4, 0.5) is 0 Å². The summed E-state index contributed by atoms with van der Waals surface area (Å²) in [7, 11) is 0. The molecule has 11 amide bonds. The van der Waals surface area contributed by atoms with Crippen molar-refractivity contribution in [3.63, 3.8) is 0 Å². The van der Waals surface area contributed by atoms with Crippen molar-refractivity contribution in [1.82, 2.24) is 58.5 Å². The molecule has 9 atom stereocenters. The topological polar surface area (TPSA) is 557 Å². The summed E-state index contributed by atoms with van der Waals surface area (Å²) in [6.45, 7) is -8.01. The number of unbranched alkanes of at least 4 members (excludes halogenated alkanes) is 2. The number of aliphatic hydroxyl groups excluding tert-OH is 6. The SMILES string of the molecule is NCCCC[C@H](NC(=O)[C@H](CO)NC(=O)CNC(=O)[C@H](CO)NC(=O)[C@@H](N)CCCCN)C(=O)N[C@@H](CO)C(=O)NCC(=O)N[C@@H](CO)C(=O)N[C@@H](CS)C(=O)N[C@@H](CO)C(=O)NCC(=O)N[C@@H](CO)C(=O)O. The van der Waals surface area contributed by atoms with Gasteiger partial charge in [0.15, 0.2) is 0 Å². The van der Waals surface area contributed by atoms with Crippen LogP contribution >= 0.6 is 12.6 Å². The third kappa shape index (κ3) is 26.2. The molecule has 0 rings (SSSR count). The number of nitrogens with two attached hydrogens (primary N) is 3. The van der Waals surface area contributed by atoms with Gasteiger partial charge < -0.3 is 111 Å². The van der Waals surface area contributed by atoms with E-state index in [1.54, 1.807) is 0 Å². The second kappa shape index (κ2) is 37.4. The Hall–Kier alpha value is -6.37.